The summed E-state index contributed by atoms with van der Waals surface area (Å²) in [5.74, 6) is -2.98. The third-order valence-electron chi connectivity index (χ3n) is 2.84. The van der Waals surface area contributed by atoms with E-state index in [1.54, 1.807) is 18.2 Å². The van der Waals surface area contributed by atoms with E-state index in [4.69, 9.17) is 5.11 Å². The van der Waals surface area contributed by atoms with Crippen molar-refractivity contribution < 1.29 is 24.2 Å². The highest BCUT2D eigenvalue weighted by Crippen LogP contribution is 2.21. The number of aromatic carboxylic acids is 1. The Bertz CT molecular complexity index is 700. The van der Waals surface area contributed by atoms with Gasteiger partial charge in [0.1, 0.15) is 17.1 Å². The Morgan fingerprint density at radius 1 is 1.10 bits per heavy atom. The van der Waals surface area contributed by atoms with Gasteiger partial charge < -0.3 is 15.5 Å². The number of amides is 1. The first-order valence-corrected chi connectivity index (χ1v) is 6.07. The maximum atomic E-state index is 13.5. The molecule has 0 aliphatic rings. The maximum absolute atomic E-state index is 13.5. The number of phenolic OH excluding ortho intramolecular Hbond substituents is 1. The van der Waals surface area contributed by atoms with Gasteiger partial charge >= 0.3 is 5.97 Å². The molecule has 5 nitrogen and oxygen atoms in total. The molecule has 0 bridgehead atoms. The van der Waals surface area contributed by atoms with E-state index in [1.807, 2.05) is 0 Å². The number of hydrogen-bond acceptors (Lipinski definition) is 3. The van der Waals surface area contributed by atoms with Gasteiger partial charge in [0.25, 0.3) is 0 Å². The summed E-state index contributed by atoms with van der Waals surface area (Å²) in [7, 11) is 0. The first-order valence-electron chi connectivity index (χ1n) is 6.07. The summed E-state index contributed by atoms with van der Waals surface area (Å²) in [6.45, 7) is 0. The molecule has 21 heavy (non-hydrogen) atoms. The predicted molar refractivity (Wildman–Crippen MR) is 73.8 cm³/mol. The minimum atomic E-state index is -1.47. The van der Waals surface area contributed by atoms with E-state index in [-0.39, 0.29) is 17.9 Å². The van der Waals surface area contributed by atoms with E-state index in [0.717, 1.165) is 6.07 Å². The van der Waals surface area contributed by atoms with Gasteiger partial charge in [-0.1, -0.05) is 24.3 Å². The van der Waals surface area contributed by atoms with Crippen LogP contribution in [0.1, 0.15) is 15.9 Å². The Morgan fingerprint density at radius 2 is 1.81 bits per heavy atom. The van der Waals surface area contributed by atoms with Gasteiger partial charge in [-0.05, 0) is 18.2 Å². The second-order valence-corrected chi connectivity index (χ2v) is 4.32. The van der Waals surface area contributed by atoms with E-state index in [9.17, 15) is 19.1 Å². The number of nitrogens with one attached hydrogen (secondary N) is 1. The molecule has 0 radical (unpaired) electrons. The molecule has 0 atom stereocenters. The Hall–Kier alpha value is -2.89. The van der Waals surface area contributed by atoms with E-state index in [2.05, 4.69) is 5.32 Å². The topological polar surface area (TPSA) is 86.6 Å². The van der Waals surface area contributed by atoms with Crippen LogP contribution in [0.5, 0.6) is 5.75 Å². The summed E-state index contributed by atoms with van der Waals surface area (Å²) in [5.41, 5.74) is -0.325. The molecule has 2 aromatic rings. The fourth-order valence-electron chi connectivity index (χ4n) is 1.87. The van der Waals surface area contributed by atoms with Crippen LogP contribution >= 0.6 is 0 Å². The quantitative estimate of drug-likeness (QED) is 0.806. The van der Waals surface area contributed by atoms with Gasteiger partial charge in [-0.25, -0.2) is 9.18 Å². The van der Waals surface area contributed by atoms with Crippen LogP contribution in [0.2, 0.25) is 0 Å². The van der Waals surface area contributed by atoms with Crippen molar-refractivity contribution in [3.05, 3.63) is 59.4 Å². The molecule has 0 aliphatic carbocycles. The minimum absolute atomic E-state index is 0.0367. The van der Waals surface area contributed by atoms with Crippen LogP contribution in [-0.4, -0.2) is 22.1 Å². The van der Waals surface area contributed by atoms with Gasteiger partial charge in [0.05, 0.1) is 12.1 Å². The SMILES string of the molecule is O=C(Cc1ccccc1O)Nc1cccc(F)c1C(=O)O. The Kier molecular flexibility index (Phi) is 4.18. The van der Waals surface area contributed by atoms with Gasteiger partial charge in [-0.15, -0.1) is 0 Å². The molecule has 2 aromatic carbocycles. The number of phenols is 1. The van der Waals surface area contributed by atoms with Crippen LogP contribution in [0.25, 0.3) is 0 Å². The molecule has 0 aromatic heterocycles. The third-order valence-corrected chi connectivity index (χ3v) is 2.84. The van der Waals surface area contributed by atoms with Crippen LogP contribution < -0.4 is 5.32 Å². The molecular formula is C15H12FNO4. The molecule has 1 amide bonds. The van der Waals surface area contributed by atoms with E-state index < -0.39 is 23.3 Å². The molecule has 3 N–H and O–H groups in total. The Morgan fingerprint density at radius 3 is 2.48 bits per heavy atom. The average molecular weight is 289 g/mol. The maximum Gasteiger partial charge on any atom is 0.340 e. The number of halogens is 1. The van der Waals surface area contributed by atoms with Crippen molar-refractivity contribution in [2.45, 2.75) is 6.42 Å². The van der Waals surface area contributed by atoms with Gasteiger partial charge in [0, 0.05) is 5.56 Å². The number of para-hydroxylation sites is 1. The number of rotatable bonds is 4. The number of aromatic hydroxyl groups is 1. The zero-order valence-corrected chi connectivity index (χ0v) is 10.8. The Balaban J connectivity index is 2.19. The van der Waals surface area contributed by atoms with Crippen LogP contribution in [0.3, 0.4) is 0 Å². The van der Waals surface area contributed by atoms with E-state index in [0.29, 0.717) is 5.56 Å². The molecule has 0 saturated heterocycles. The number of carbonyl (C=O) groups excluding carboxylic acids is 1. The molecular weight excluding hydrogens is 277 g/mol. The van der Waals surface area contributed by atoms with Crippen LogP contribution in [0.4, 0.5) is 10.1 Å². The van der Waals surface area contributed by atoms with Crippen molar-refractivity contribution in [2.75, 3.05) is 5.32 Å². The van der Waals surface area contributed by atoms with Crippen LogP contribution in [-0.2, 0) is 11.2 Å². The minimum Gasteiger partial charge on any atom is -0.508 e. The second kappa shape index (κ2) is 6.04. The van der Waals surface area contributed by atoms with Crippen molar-refractivity contribution in [3.63, 3.8) is 0 Å². The van der Waals surface area contributed by atoms with Crippen molar-refractivity contribution in [1.29, 1.82) is 0 Å². The summed E-state index contributed by atoms with van der Waals surface area (Å²) < 4.78 is 13.5. The number of hydrogen-bond donors (Lipinski definition) is 3. The highest BCUT2D eigenvalue weighted by Gasteiger charge is 2.17. The zero-order chi connectivity index (χ0) is 15.4. The predicted octanol–water partition coefficient (Wildman–Crippen LogP) is 2.41. The third kappa shape index (κ3) is 3.36. The first kappa shape index (κ1) is 14.5. The van der Waals surface area contributed by atoms with Crippen LogP contribution in [0, 0.1) is 5.82 Å². The highest BCUT2D eigenvalue weighted by atomic mass is 19.1. The fraction of sp³-hybridized carbons (Fsp3) is 0.0667. The zero-order valence-electron chi connectivity index (χ0n) is 10.8. The van der Waals surface area contributed by atoms with Gasteiger partial charge in [-0.2, -0.15) is 0 Å². The smallest absolute Gasteiger partial charge is 0.340 e. The van der Waals surface area contributed by atoms with Crippen LogP contribution in [0.15, 0.2) is 42.5 Å². The number of carbonyl (C=O) groups is 2. The second-order valence-electron chi connectivity index (χ2n) is 4.32. The lowest BCUT2D eigenvalue weighted by Crippen LogP contribution is -2.17. The fourth-order valence-corrected chi connectivity index (χ4v) is 1.87. The van der Waals surface area contributed by atoms with E-state index >= 15 is 0 Å². The largest absolute Gasteiger partial charge is 0.508 e. The first-order chi connectivity index (χ1) is 9.99. The number of anilines is 1. The van der Waals surface area contributed by atoms with Gasteiger partial charge in [0.15, 0.2) is 0 Å². The monoisotopic (exact) mass is 289 g/mol. The summed E-state index contributed by atoms with van der Waals surface area (Å²) in [6, 6.07) is 9.89. The molecule has 0 heterocycles. The number of carboxylic acid groups (broad SMARTS) is 1. The summed E-state index contributed by atoms with van der Waals surface area (Å²) in [5, 5.41) is 20.9. The normalized spacial score (nSPS) is 10.1. The van der Waals surface area contributed by atoms with Crippen molar-refractivity contribution >= 4 is 17.6 Å². The molecule has 108 valence electrons. The summed E-state index contributed by atoms with van der Waals surface area (Å²) in [6.07, 6.45) is -0.151. The molecule has 6 heteroatoms. The van der Waals surface area contributed by atoms with E-state index in [1.165, 1.54) is 18.2 Å². The lowest BCUT2D eigenvalue weighted by atomic mass is 10.1. The molecule has 2 rings (SSSR count). The lowest BCUT2D eigenvalue weighted by Gasteiger charge is -2.09. The Labute approximate surface area is 119 Å². The highest BCUT2D eigenvalue weighted by molar-refractivity contribution is 6.01. The standard InChI is InChI=1S/C15H12FNO4/c16-10-5-3-6-11(14(10)15(20)21)17-13(19)8-9-4-1-2-7-12(9)18/h1-7,18H,8H2,(H,17,19)(H,20,21). The molecule has 0 aliphatic heterocycles. The van der Waals surface area contributed by atoms with Crippen molar-refractivity contribution in [1.82, 2.24) is 0 Å². The number of carboxylic acids is 1. The molecule has 0 saturated carbocycles. The number of benzene rings is 2. The van der Waals surface area contributed by atoms with Gasteiger partial charge in [-0.3, -0.25) is 4.79 Å². The van der Waals surface area contributed by atoms with Crippen molar-refractivity contribution in [2.24, 2.45) is 0 Å². The summed E-state index contributed by atoms with van der Waals surface area (Å²) >= 11 is 0. The molecule has 0 spiro atoms. The van der Waals surface area contributed by atoms with Crippen molar-refractivity contribution in [3.8, 4) is 5.75 Å². The lowest BCUT2D eigenvalue weighted by molar-refractivity contribution is -0.115. The van der Waals surface area contributed by atoms with Gasteiger partial charge in [0.2, 0.25) is 5.91 Å². The molecule has 0 unspecified atom stereocenters. The average Bonchev–Trinajstić information content (AvgIpc) is 2.41. The summed E-state index contributed by atoms with van der Waals surface area (Å²) in [4.78, 5) is 22.9. The molecule has 0 fully saturated rings.